The summed E-state index contributed by atoms with van der Waals surface area (Å²) in [5, 5.41) is 8.84. The molecule has 14 heavy (non-hydrogen) atoms. The van der Waals surface area contributed by atoms with Crippen LogP contribution < -0.4 is 0 Å². The molecule has 1 heterocycles. The Morgan fingerprint density at radius 2 is 2.43 bits per heavy atom. The quantitative estimate of drug-likeness (QED) is 0.791. The molecule has 0 bridgehead atoms. The van der Waals surface area contributed by atoms with Crippen LogP contribution in [0.15, 0.2) is 22.7 Å². The minimum Gasteiger partial charge on any atom is -0.396 e. The minimum absolute atomic E-state index is 0.118. The van der Waals surface area contributed by atoms with Crippen molar-refractivity contribution in [2.24, 2.45) is 0 Å². The molecule has 0 unspecified atom stereocenters. The van der Waals surface area contributed by atoms with Gasteiger partial charge in [0, 0.05) is 6.61 Å². The molecule has 2 atom stereocenters. The van der Waals surface area contributed by atoms with E-state index < -0.39 is 0 Å². The molecule has 0 saturated carbocycles. The van der Waals surface area contributed by atoms with Crippen molar-refractivity contribution in [3.05, 3.63) is 22.7 Å². The first kappa shape index (κ1) is 12.0. The van der Waals surface area contributed by atoms with E-state index in [1.165, 1.54) is 5.57 Å². The molecule has 2 nitrogen and oxygen atoms in total. The molecule has 0 aromatic rings. The van der Waals surface area contributed by atoms with Gasteiger partial charge in [-0.15, -0.1) is 0 Å². The van der Waals surface area contributed by atoms with Crippen molar-refractivity contribution in [2.75, 3.05) is 6.61 Å². The van der Waals surface area contributed by atoms with Gasteiger partial charge in [-0.05, 0) is 36.7 Å². The Bertz CT molecular complexity index is 231. The van der Waals surface area contributed by atoms with Crippen molar-refractivity contribution in [1.29, 1.82) is 0 Å². The number of halogens is 1. The molecule has 1 rings (SSSR count). The van der Waals surface area contributed by atoms with Gasteiger partial charge in [-0.3, -0.25) is 0 Å². The standard InChI is InChI=1S/C11H17BrO2/c1-8-5-10(3-4-13)14-11(6-8)7-9(2)12/h7,10-11,13H,1,3-6H2,2H3/b9-7+/t10-,11-/m1/s1. The Hall–Kier alpha value is -0.120. The third-order valence-corrected chi connectivity index (χ3v) is 2.50. The number of allylic oxidation sites excluding steroid dienone is 1. The predicted molar refractivity (Wildman–Crippen MR) is 61.4 cm³/mol. The lowest BCUT2D eigenvalue weighted by molar-refractivity contribution is -0.0175. The lowest BCUT2D eigenvalue weighted by Gasteiger charge is -2.29. The predicted octanol–water partition coefficient (Wildman–Crippen LogP) is 2.77. The lowest BCUT2D eigenvalue weighted by Crippen LogP contribution is -2.28. The fraction of sp³-hybridized carbons (Fsp3) is 0.636. The topological polar surface area (TPSA) is 29.5 Å². The third-order valence-electron chi connectivity index (χ3n) is 2.24. The zero-order chi connectivity index (χ0) is 10.6. The third kappa shape index (κ3) is 3.95. The molecule has 1 N–H and O–H groups in total. The highest BCUT2D eigenvalue weighted by Gasteiger charge is 2.22. The first-order valence-corrected chi connectivity index (χ1v) is 5.68. The van der Waals surface area contributed by atoms with Crippen LogP contribution in [0, 0.1) is 0 Å². The van der Waals surface area contributed by atoms with Crippen LogP contribution in [0.5, 0.6) is 0 Å². The lowest BCUT2D eigenvalue weighted by atomic mass is 9.97. The van der Waals surface area contributed by atoms with Gasteiger partial charge in [-0.1, -0.05) is 28.1 Å². The van der Waals surface area contributed by atoms with Gasteiger partial charge in [-0.25, -0.2) is 0 Å². The van der Waals surface area contributed by atoms with Crippen molar-refractivity contribution < 1.29 is 9.84 Å². The number of hydrogen-bond donors (Lipinski definition) is 1. The van der Waals surface area contributed by atoms with Gasteiger partial charge in [-0.2, -0.15) is 0 Å². The summed E-state index contributed by atoms with van der Waals surface area (Å²) in [4.78, 5) is 0. The van der Waals surface area contributed by atoms with Crippen LogP contribution in [0.25, 0.3) is 0 Å². The van der Waals surface area contributed by atoms with E-state index in [2.05, 4.69) is 28.6 Å². The van der Waals surface area contributed by atoms with Crippen molar-refractivity contribution in [1.82, 2.24) is 0 Å². The molecule has 1 aliphatic heterocycles. The van der Waals surface area contributed by atoms with Gasteiger partial charge >= 0.3 is 0 Å². The molecule has 80 valence electrons. The van der Waals surface area contributed by atoms with Gasteiger partial charge in [0.2, 0.25) is 0 Å². The molecule has 1 fully saturated rings. The van der Waals surface area contributed by atoms with Crippen LogP contribution in [-0.2, 0) is 4.74 Å². The summed E-state index contributed by atoms with van der Waals surface area (Å²) in [6, 6.07) is 0. The van der Waals surface area contributed by atoms with Crippen molar-refractivity contribution in [3.8, 4) is 0 Å². The number of ether oxygens (including phenoxy) is 1. The summed E-state index contributed by atoms with van der Waals surface area (Å²) in [5.41, 5.74) is 1.21. The Balaban J connectivity index is 2.54. The van der Waals surface area contributed by atoms with Gasteiger partial charge in [0.25, 0.3) is 0 Å². The maximum atomic E-state index is 8.84. The second-order valence-corrected chi connectivity index (χ2v) is 4.97. The van der Waals surface area contributed by atoms with Crippen LogP contribution in [-0.4, -0.2) is 23.9 Å². The van der Waals surface area contributed by atoms with Crippen molar-refractivity contribution in [3.63, 3.8) is 0 Å². The van der Waals surface area contributed by atoms with E-state index in [4.69, 9.17) is 9.84 Å². The largest absolute Gasteiger partial charge is 0.396 e. The summed E-state index contributed by atoms with van der Waals surface area (Å²) in [6.45, 7) is 6.17. The van der Waals surface area contributed by atoms with Gasteiger partial charge in [0.1, 0.15) is 0 Å². The minimum atomic E-state index is 0.118. The van der Waals surface area contributed by atoms with E-state index in [1.54, 1.807) is 0 Å². The molecule has 0 aromatic carbocycles. The molecule has 0 aliphatic carbocycles. The summed E-state index contributed by atoms with van der Waals surface area (Å²) >= 11 is 3.39. The number of hydrogen-bond acceptors (Lipinski definition) is 2. The summed E-state index contributed by atoms with van der Waals surface area (Å²) in [7, 11) is 0. The molecule has 0 aromatic heterocycles. The zero-order valence-electron chi connectivity index (χ0n) is 8.50. The molecule has 3 heteroatoms. The highest BCUT2D eigenvalue weighted by molar-refractivity contribution is 9.11. The summed E-state index contributed by atoms with van der Waals surface area (Å²) in [5.74, 6) is 0. The van der Waals surface area contributed by atoms with Crippen LogP contribution in [0.3, 0.4) is 0 Å². The first-order valence-electron chi connectivity index (χ1n) is 4.88. The summed E-state index contributed by atoms with van der Waals surface area (Å²) in [6.07, 6.45) is 4.78. The Morgan fingerprint density at radius 3 is 3.00 bits per heavy atom. The number of rotatable bonds is 3. The fourth-order valence-electron chi connectivity index (χ4n) is 1.70. The maximum absolute atomic E-state index is 8.84. The van der Waals surface area contributed by atoms with Crippen LogP contribution in [0.2, 0.25) is 0 Å². The molecule has 0 spiro atoms. The zero-order valence-corrected chi connectivity index (χ0v) is 10.1. The molecule has 0 radical (unpaired) electrons. The SMILES string of the molecule is C=C1C[C@@H](CCO)O[C@@H](/C=C(\C)Br)C1. The monoisotopic (exact) mass is 260 g/mol. The second-order valence-electron chi connectivity index (χ2n) is 3.72. The van der Waals surface area contributed by atoms with Crippen molar-refractivity contribution >= 4 is 15.9 Å². The van der Waals surface area contributed by atoms with E-state index >= 15 is 0 Å². The molecular formula is C11H17BrO2. The van der Waals surface area contributed by atoms with Crippen LogP contribution in [0.1, 0.15) is 26.2 Å². The number of aliphatic hydroxyl groups is 1. The van der Waals surface area contributed by atoms with Crippen molar-refractivity contribution in [2.45, 2.75) is 38.4 Å². The Morgan fingerprint density at radius 1 is 1.71 bits per heavy atom. The van der Waals surface area contributed by atoms with Crippen LogP contribution >= 0.6 is 15.9 Å². The van der Waals surface area contributed by atoms with Gasteiger partial charge < -0.3 is 9.84 Å². The average molecular weight is 261 g/mol. The van der Waals surface area contributed by atoms with E-state index in [0.717, 1.165) is 17.3 Å². The van der Waals surface area contributed by atoms with Crippen LogP contribution in [0.4, 0.5) is 0 Å². The Kier molecular flexibility index (Phi) is 4.85. The summed E-state index contributed by atoms with van der Waals surface area (Å²) < 4.78 is 6.86. The van der Waals surface area contributed by atoms with Gasteiger partial charge in [0.15, 0.2) is 0 Å². The van der Waals surface area contributed by atoms with Gasteiger partial charge in [0.05, 0.1) is 12.2 Å². The van der Waals surface area contributed by atoms with E-state index in [0.29, 0.717) is 6.42 Å². The average Bonchev–Trinajstić information content (AvgIpc) is 2.01. The Labute approximate surface area is 93.8 Å². The fourth-order valence-corrected chi connectivity index (χ4v) is 2.00. The smallest absolute Gasteiger partial charge is 0.0807 e. The molecular weight excluding hydrogens is 244 g/mol. The van der Waals surface area contributed by atoms with E-state index in [1.807, 2.05) is 6.92 Å². The maximum Gasteiger partial charge on any atom is 0.0807 e. The molecule has 1 aliphatic rings. The highest BCUT2D eigenvalue weighted by Crippen LogP contribution is 2.26. The highest BCUT2D eigenvalue weighted by atomic mass is 79.9. The first-order chi connectivity index (χ1) is 6.61. The molecule has 0 amide bonds. The second kappa shape index (κ2) is 5.69. The normalized spacial score (nSPS) is 29.4. The van der Waals surface area contributed by atoms with E-state index in [9.17, 15) is 0 Å². The van der Waals surface area contributed by atoms with E-state index in [-0.39, 0.29) is 18.8 Å². The molecule has 1 saturated heterocycles. The number of aliphatic hydroxyl groups excluding tert-OH is 1.